The fourth-order valence-corrected chi connectivity index (χ4v) is 2.92. The Kier molecular flexibility index (Phi) is 5.01. The number of benzene rings is 1. The molecule has 1 amide bonds. The quantitative estimate of drug-likeness (QED) is 0.833. The van der Waals surface area contributed by atoms with E-state index in [4.69, 9.17) is 5.73 Å². The first-order valence-electron chi connectivity index (χ1n) is 7.35. The van der Waals surface area contributed by atoms with Crippen molar-refractivity contribution in [3.63, 3.8) is 0 Å². The summed E-state index contributed by atoms with van der Waals surface area (Å²) < 4.78 is 0. The molecule has 2 rings (SSSR count). The summed E-state index contributed by atoms with van der Waals surface area (Å²) >= 11 is 0. The summed E-state index contributed by atoms with van der Waals surface area (Å²) in [4.78, 5) is 16.6. The van der Waals surface area contributed by atoms with Crippen LogP contribution in [0.1, 0.15) is 24.8 Å². The van der Waals surface area contributed by atoms with Crippen molar-refractivity contribution in [2.45, 2.75) is 31.7 Å². The van der Waals surface area contributed by atoms with Gasteiger partial charge in [0.15, 0.2) is 0 Å². The minimum atomic E-state index is 0.262. The van der Waals surface area contributed by atoms with E-state index in [2.05, 4.69) is 23.9 Å². The number of likely N-dealkylation sites (tertiary alicyclic amines) is 1. The van der Waals surface area contributed by atoms with Gasteiger partial charge in [-0.25, -0.2) is 0 Å². The summed E-state index contributed by atoms with van der Waals surface area (Å²) in [5.41, 5.74) is 7.78. The number of nitrogens with two attached hydrogens (primary N) is 1. The minimum absolute atomic E-state index is 0.262. The number of para-hydroxylation sites is 1. The Balaban J connectivity index is 1.90. The molecule has 1 atom stereocenters. The van der Waals surface area contributed by atoms with Crippen molar-refractivity contribution >= 4 is 11.6 Å². The van der Waals surface area contributed by atoms with Gasteiger partial charge in [-0.3, -0.25) is 4.79 Å². The van der Waals surface area contributed by atoms with Gasteiger partial charge in [-0.15, -0.1) is 0 Å². The van der Waals surface area contributed by atoms with Gasteiger partial charge in [0.1, 0.15) is 0 Å². The lowest BCUT2D eigenvalue weighted by Gasteiger charge is -2.27. The number of nitrogen functional groups attached to an aromatic ring is 1. The molecule has 0 bridgehead atoms. The van der Waals surface area contributed by atoms with E-state index in [-0.39, 0.29) is 5.91 Å². The van der Waals surface area contributed by atoms with E-state index in [0.717, 1.165) is 43.6 Å². The molecule has 4 nitrogen and oxygen atoms in total. The van der Waals surface area contributed by atoms with Gasteiger partial charge in [-0.1, -0.05) is 18.2 Å². The van der Waals surface area contributed by atoms with Crippen molar-refractivity contribution in [2.75, 3.05) is 32.9 Å². The minimum Gasteiger partial charge on any atom is -0.399 e. The highest BCUT2D eigenvalue weighted by molar-refractivity contribution is 5.77. The van der Waals surface area contributed by atoms with Gasteiger partial charge < -0.3 is 15.5 Å². The van der Waals surface area contributed by atoms with Crippen molar-refractivity contribution < 1.29 is 4.79 Å². The Morgan fingerprint density at radius 3 is 2.85 bits per heavy atom. The molecule has 1 fully saturated rings. The standard InChI is InChI=1S/C16H25N3O/c1-18(2)12-14-7-5-11-19(14)16(20)10-9-13-6-3-4-8-15(13)17/h3-4,6,8,14H,5,7,9-12,17H2,1-2H3. The second-order valence-electron chi connectivity index (χ2n) is 5.84. The van der Waals surface area contributed by atoms with Crippen LogP contribution in [-0.2, 0) is 11.2 Å². The van der Waals surface area contributed by atoms with Crippen LogP contribution in [0.4, 0.5) is 5.69 Å². The Morgan fingerprint density at radius 1 is 1.40 bits per heavy atom. The predicted octanol–water partition coefficient (Wildman–Crippen LogP) is 1.75. The number of carbonyl (C=O) groups excluding carboxylic acids is 1. The lowest BCUT2D eigenvalue weighted by atomic mass is 10.1. The zero-order chi connectivity index (χ0) is 14.5. The molecule has 1 aliphatic heterocycles. The van der Waals surface area contributed by atoms with Crippen LogP contribution in [0.5, 0.6) is 0 Å². The van der Waals surface area contributed by atoms with Crippen LogP contribution in [0.15, 0.2) is 24.3 Å². The van der Waals surface area contributed by atoms with Crippen molar-refractivity contribution in [3.05, 3.63) is 29.8 Å². The first-order chi connectivity index (χ1) is 9.58. The van der Waals surface area contributed by atoms with E-state index in [9.17, 15) is 4.79 Å². The fourth-order valence-electron chi connectivity index (χ4n) is 2.92. The van der Waals surface area contributed by atoms with Crippen molar-refractivity contribution in [3.8, 4) is 0 Å². The van der Waals surface area contributed by atoms with Crippen LogP contribution < -0.4 is 5.73 Å². The second-order valence-corrected chi connectivity index (χ2v) is 5.84. The van der Waals surface area contributed by atoms with E-state index in [0.29, 0.717) is 12.5 Å². The Labute approximate surface area is 121 Å². The number of rotatable bonds is 5. The monoisotopic (exact) mass is 275 g/mol. The number of nitrogens with zero attached hydrogens (tertiary/aromatic N) is 2. The SMILES string of the molecule is CN(C)CC1CCCN1C(=O)CCc1ccccc1N. The fraction of sp³-hybridized carbons (Fsp3) is 0.562. The van der Waals surface area contributed by atoms with E-state index < -0.39 is 0 Å². The largest absolute Gasteiger partial charge is 0.399 e. The molecular weight excluding hydrogens is 250 g/mol. The lowest BCUT2D eigenvalue weighted by Crippen LogP contribution is -2.41. The van der Waals surface area contributed by atoms with Crippen molar-refractivity contribution in [1.82, 2.24) is 9.80 Å². The molecule has 20 heavy (non-hydrogen) atoms. The number of hydrogen-bond acceptors (Lipinski definition) is 3. The molecule has 110 valence electrons. The zero-order valence-electron chi connectivity index (χ0n) is 12.5. The zero-order valence-corrected chi connectivity index (χ0v) is 12.5. The third kappa shape index (κ3) is 3.73. The van der Waals surface area contributed by atoms with Gasteiger partial charge in [0, 0.05) is 31.2 Å². The molecule has 1 unspecified atom stereocenters. The summed E-state index contributed by atoms with van der Waals surface area (Å²) in [6.45, 7) is 1.86. The van der Waals surface area contributed by atoms with Crippen molar-refractivity contribution in [2.24, 2.45) is 0 Å². The number of aryl methyl sites for hydroxylation is 1. The van der Waals surface area contributed by atoms with Crippen LogP contribution in [0, 0.1) is 0 Å². The van der Waals surface area contributed by atoms with Gasteiger partial charge >= 0.3 is 0 Å². The first kappa shape index (κ1) is 14.9. The smallest absolute Gasteiger partial charge is 0.223 e. The maximum absolute atomic E-state index is 12.4. The molecule has 1 aromatic rings. The molecule has 0 aliphatic carbocycles. The molecule has 1 heterocycles. The molecule has 1 saturated heterocycles. The van der Waals surface area contributed by atoms with Crippen LogP contribution in [-0.4, -0.2) is 48.9 Å². The highest BCUT2D eigenvalue weighted by Crippen LogP contribution is 2.20. The second kappa shape index (κ2) is 6.75. The van der Waals surface area contributed by atoms with E-state index in [1.165, 1.54) is 0 Å². The third-order valence-corrected chi connectivity index (χ3v) is 3.94. The number of amides is 1. The Hall–Kier alpha value is -1.55. The van der Waals surface area contributed by atoms with E-state index in [1.54, 1.807) is 0 Å². The highest BCUT2D eigenvalue weighted by Gasteiger charge is 2.28. The summed E-state index contributed by atoms with van der Waals surface area (Å²) in [5, 5.41) is 0. The molecule has 2 N–H and O–H groups in total. The molecular formula is C16H25N3O. The maximum atomic E-state index is 12.4. The number of hydrogen-bond donors (Lipinski definition) is 1. The summed E-state index contributed by atoms with van der Waals surface area (Å²) in [5.74, 6) is 0.262. The molecule has 0 aromatic heterocycles. The highest BCUT2D eigenvalue weighted by atomic mass is 16.2. The summed E-state index contributed by atoms with van der Waals surface area (Å²) in [7, 11) is 4.12. The lowest BCUT2D eigenvalue weighted by molar-refractivity contribution is -0.132. The van der Waals surface area contributed by atoms with Crippen LogP contribution in [0.3, 0.4) is 0 Å². The Morgan fingerprint density at radius 2 is 2.15 bits per heavy atom. The molecule has 0 radical (unpaired) electrons. The molecule has 1 aliphatic rings. The van der Waals surface area contributed by atoms with Crippen LogP contribution in [0.25, 0.3) is 0 Å². The summed E-state index contributed by atoms with van der Waals surface area (Å²) in [6, 6.07) is 8.18. The summed E-state index contributed by atoms with van der Waals surface area (Å²) in [6.07, 6.45) is 3.53. The number of anilines is 1. The molecule has 1 aromatic carbocycles. The average molecular weight is 275 g/mol. The van der Waals surface area contributed by atoms with Crippen LogP contribution >= 0.6 is 0 Å². The molecule has 4 heteroatoms. The van der Waals surface area contributed by atoms with Crippen molar-refractivity contribution in [1.29, 1.82) is 0 Å². The maximum Gasteiger partial charge on any atom is 0.223 e. The van der Waals surface area contributed by atoms with Gasteiger partial charge in [-0.05, 0) is 45.0 Å². The third-order valence-electron chi connectivity index (χ3n) is 3.94. The van der Waals surface area contributed by atoms with Gasteiger partial charge in [0.25, 0.3) is 0 Å². The van der Waals surface area contributed by atoms with E-state index >= 15 is 0 Å². The average Bonchev–Trinajstić information content (AvgIpc) is 2.85. The Bertz CT molecular complexity index is 459. The molecule has 0 spiro atoms. The van der Waals surface area contributed by atoms with Gasteiger partial charge in [0.2, 0.25) is 5.91 Å². The normalized spacial score (nSPS) is 18.8. The number of carbonyl (C=O) groups is 1. The van der Waals surface area contributed by atoms with Crippen LogP contribution in [0.2, 0.25) is 0 Å². The molecule has 0 saturated carbocycles. The predicted molar refractivity (Wildman–Crippen MR) is 82.5 cm³/mol. The van der Waals surface area contributed by atoms with E-state index in [1.807, 2.05) is 24.3 Å². The van der Waals surface area contributed by atoms with Gasteiger partial charge in [-0.2, -0.15) is 0 Å². The van der Waals surface area contributed by atoms with Gasteiger partial charge in [0.05, 0.1) is 0 Å². The first-order valence-corrected chi connectivity index (χ1v) is 7.35. The number of likely N-dealkylation sites (N-methyl/N-ethyl adjacent to an activating group) is 1. The topological polar surface area (TPSA) is 49.6 Å².